The number of Topliss-reactive ketones (excluding diaryl/α,β-unsaturated/α-hetero) is 1. The molecule has 0 fully saturated rings. The lowest BCUT2D eigenvalue weighted by molar-refractivity contribution is -0.117. The summed E-state index contributed by atoms with van der Waals surface area (Å²) in [6.45, 7) is 1.60. The van der Waals surface area contributed by atoms with Crippen molar-refractivity contribution >= 4 is 11.9 Å². The summed E-state index contributed by atoms with van der Waals surface area (Å²) in [5.74, 6) is 1.00. The Morgan fingerprint density at radius 1 is 1.22 bits per heavy atom. The highest BCUT2D eigenvalue weighted by Crippen LogP contribution is 2.23. The standard InChI is InChI=1S/C16H16O2/c1-13(17)12-15(16-8-5-11-18-16)10-9-14-6-3-2-4-7-14/h2-11,15H,12H2,1H3/b10-9+/t15-/m1/s1. The maximum absolute atomic E-state index is 11.3. The quantitative estimate of drug-likeness (QED) is 0.789. The molecule has 0 saturated heterocycles. The molecule has 18 heavy (non-hydrogen) atoms. The van der Waals surface area contributed by atoms with Gasteiger partial charge in [-0.15, -0.1) is 0 Å². The summed E-state index contributed by atoms with van der Waals surface area (Å²) in [6, 6.07) is 13.8. The third kappa shape index (κ3) is 3.45. The van der Waals surface area contributed by atoms with Crippen LogP contribution in [0.25, 0.3) is 6.08 Å². The monoisotopic (exact) mass is 240 g/mol. The molecule has 0 radical (unpaired) electrons. The SMILES string of the molecule is CC(=O)C[C@@H](/C=C/c1ccccc1)c1ccco1. The first-order valence-electron chi connectivity index (χ1n) is 6.02. The molecule has 0 N–H and O–H groups in total. The van der Waals surface area contributed by atoms with Gasteiger partial charge in [-0.25, -0.2) is 0 Å². The van der Waals surface area contributed by atoms with Crippen LogP contribution in [-0.2, 0) is 4.79 Å². The zero-order valence-electron chi connectivity index (χ0n) is 10.4. The van der Waals surface area contributed by atoms with Crippen molar-refractivity contribution in [1.29, 1.82) is 0 Å². The largest absolute Gasteiger partial charge is 0.469 e. The summed E-state index contributed by atoms with van der Waals surface area (Å²) in [6.07, 6.45) is 6.15. The van der Waals surface area contributed by atoms with E-state index in [0.29, 0.717) is 6.42 Å². The number of rotatable bonds is 5. The fourth-order valence-corrected chi connectivity index (χ4v) is 1.87. The second-order valence-electron chi connectivity index (χ2n) is 4.30. The molecule has 2 heteroatoms. The van der Waals surface area contributed by atoms with Crippen LogP contribution in [-0.4, -0.2) is 5.78 Å². The molecule has 2 rings (SSSR count). The third-order valence-corrected chi connectivity index (χ3v) is 2.74. The van der Waals surface area contributed by atoms with Gasteiger partial charge in [0, 0.05) is 12.3 Å². The number of furan rings is 1. The fraction of sp³-hybridized carbons (Fsp3) is 0.188. The summed E-state index contributed by atoms with van der Waals surface area (Å²) < 4.78 is 5.38. The average molecular weight is 240 g/mol. The third-order valence-electron chi connectivity index (χ3n) is 2.74. The number of allylic oxidation sites excluding steroid dienone is 1. The van der Waals surface area contributed by atoms with Crippen LogP contribution in [0.15, 0.2) is 59.2 Å². The average Bonchev–Trinajstić information content (AvgIpc) is 2.89. The molecule has 1 atom stereocenters. The molecule has 0 aliphatic heterocycles. The van der Waals surface area contributed by atoms with Crippen LogP contribution in [0.4, 0.5) is 0 Å². The lowest BCUT2D eigenvalue weighted by atomic mass is 9.98. The summed E-state index contributed by atoms with van der Waals surface area (Å²) in [7, 11) is 0. The van der Waals surface area contributed by atoms with E-state index in [1.54, 1.807) is 13.2 Å². The molecule has 92 valence electrons. The molecule has 2 nitrogen and oxygen atoms in total. The van der Waals surface area contributed by atoms with Crippen molar-refractivity contribution in [3.8, 4) is 0 Å². The van der Waals surface area contributed by atoms with E-state index in [2.05, 4.69) is 0 Å². The van der Waals surface area contributed by atoms with Gasteiger partial charge in [-0.3, -0.25) is 4.79 Å². The predicted molar refractivity (Wildman–Crippen MR) is 72.2 cm³/mol. The van der Waals surface area contributed by atoms with Crippen molar-refractivity contribution in [2.45, 2.75) is 19.3 Å². The second-order valence-corrected chi connectivity index (χ2v) is 4.30. The minimum atomic E-state index is 0.0118. The van der Waals surface area contributed by atoms with Crippen LogP contribution >= 0.6 is 0 Å². The van der Waals surface area contributed by atoms with Crippen molar-refractivity contribution < 1.29 is 9.21 Å². The highest BCUT2D eigenvalue weighted by atomic mass is 16.3. The zero-order valence-corrected chi connectivity index (χ0v) is 10.4. The van der Waals surface area contributed by atoms with E-state index in [9.17, 15) is 4.79 Å². The maximum Gasteiger partial charge on any atom is 0.130 e. The Morgan fingerprint density at radius 2 is 2.00 bits per heavy atom. The Balaban J connectivity index is 2.15. The first kappa shape index (κ1) is 12.4. The van der Waals surface area contributed by atoms with Gasteiger partial charge >= 0.3 is 0 Å². The smallest absolute Gasteiger partial charge is 0.130 e. The van der Waals surface area contributed by atoms with Crippen LogP contribution in [0, 0.1) is 0 Å². The van der Waals surface area contributed by atoms with Gasteiger partial charge in [-0.2, -0.15) is 0 Å². The van der Waals surface area contributed by atoms with Crippen LogP contribution in [0.2, 0.25) is 0 Å². The Morgan fingerprint density at radius 3 is 2.61 bits per heavy atom. The highest BCUT2D eigenvalue weighted by molar-refractivity contribution is 5.77. The van der Waals surface area contributed by atoms with Crippen molar-refractivity contribution in [2.24, 2.45) is 0 Å². The molecule has 1 aromatic carbocycles. The van der Waals surface area contributed by atoms with E-state index in [4.69, 9.17) is 4.42 Å². The number of carbonyl (C=O) groups is 1. The molecule has 0 aliphatic rings. The highest BCUT2D eigenvalue weighted by Gasteiger charge is 2.13. The van der Waals surface area contributed by atoms with Crippen molar-refractivity contribution in [3.63, 3.8) is 0 Å². The summed E-state index contributed by atoms with van der Waals surface area (Å²) >= 11 is 0. The lowest BCUT2D eigenvalue weighted by Gasteiger charge is -2.07. The van der Waals surface area contributed by atoms with E-state index in [-0.39, 0.29) is 11.7 Å². The fourth-order valence-electron chi connectivity index (χ4n) is 1.87. The Bertz CT molecular complexity index is 509. The Labute approximate surface area is 107 Å². The number of hydrogen-bond donors (Lipinski definition) is 0. The minimum absolute atomic E-state index is 0.0118. The summed E-state index contributed by atoms with van der Waals surface area (Å²) in [5, 5.41) is 0. The van der Waals surface area contributed by atoms with Crippen molar-refractivity contribution in [1.82, 2.24) is 0 Å². The Kier molecular flexibility index (Phi) is 4.13. The summed E-state index contributed by atoms with van der Waals surface area (Å²) in [4.78, 5) is 11.3. The van der Waals surface area contributed by atoms with Crippen molar-refractivity contribution in [2.75, 3.05) is 0 Å². The molecule has 0 bridgehead atoms. The number of benzene rings is 1. The van der Waals surface area contributed by atoms with Crippen LogP contribution in [0.3, 0.4) is 0 Å². The maximum atomic E-state index is 11.3. The molecule has 0 spiro atoms. The topological polar surface area (TPSA) is 30.2 Å². The van der Waals surface area contributed by atoms with Crippen LogP contribution in [0.5, 0.6) is 0 Å². The molecule has 0 unspecified atom stereocenters. The Hall–Kier alpha value is -2.09. The van der Waals surface area contributed by atoms with E-state index in [1.165, 1.54) is 0 Å². The van der Waals surface area contributed by atoms with Gasteiger partial charge < -0.3 is 4.42 Å². The number of hydrogen-bond acceptors (Lipinski definition) is 2. The van der Waals surface area contributed by atoms with Gasteiger partial charge in [-0.1, -0.05) is 42.5 Å². The molecule has 2 aromatic rings. The summed E-state index contributed by atoms with van der Waals surface area (Å²) in [5.41, 5.74) is 1.12. The molecule has 1 heterocycles. The first-order valence-corrected chi connectivity index (χ1v) is 6.02. The molecular formula is C16H16O2. The van der Waals surface area contributed by atoms with E-state index in [1.807, 2.05) is 54.6 Å². The van der Waals surface area contributed by atoms with Gasteiger partial charge in [0.25, 0.3) is 0 Å². The molecule has 0 amide bonds. The van der Waals surface area contributed by atoms with Crippen LogP contribution < -0.4 is 0 Å². The van der Waals surface area contributed by atoms with E-state index < -0.39 is 0 Å². The van der Waals surface area contributed by atoms with Crippen molar-refractivity contribution in [3.05, 3.63) is 66.1 Å². The van der Waals surface area contributed by atoms with E-state index >= 15 is 0 Å². The van der Waals surface area contributed by atoms with Gasteiger partial charge in [-0.05, 0) is 24.6 Å². The molecule has 1 aromatic heterocycles. The lowest BCUT2D eigenvalue weighted by Crippen LogP contribution is -2.00. The second kappa shape index (κ2) is 6.01. The van der Waals surface area contributed by atoms with Gasteiger partial charge in [0.1, 0.15) is 11.5 Å². The predicted octanol–water partition coefficient (Wildman–Crippen LogP) is 4.06. The zero-order chi connectivity index (χ0) is 12.8. The number of ketones is 1. The molecular weight excluding hydrogens is 224 g/mol. The minimum Gasteiger partial charge on any atom is -0.469 e. The van der Waals surface area contributed by atoms with Gasteiger partial charge in [0.15, 0.2) is 0 Å². The number of carbonyl (C=O) groups excluding carboxylic acids is 1. The van der Waals surface area contributed by atoms with E-state index in [0.717, 1.165) is 11.3 Å². The van der Waals surface area contributed by atoms with Crippen LogP contribution in [0.1, 0.15) is 30.6 Å². The normalized spacial score (nSPS) is 12.7. The first-order chi connectivity index (χ1) is 8.75. The molecule has 0 saturated carbocycles. The van der Waals surface area contributed by atoms with Gasteiger partial charge in [0.2, 0.25) is 0 Å². The molecule has 0 aliphatic carbocycles. The van der Waals surface area contributed by atoms with Gasteiger partial charge in [0.05, 0.1) is 6.26 Å².